The molecule has 0 radical (unpaired) electrons. The van der Waals surface area contributed by atoms with Crippen LogP contribution in [0.25, 0.3) is 11.4 Å². The number of nitro groups is 1. The Balaban J connectivity index is 2.15. The van der Waals surface area contributed by atoms with Gasteiger partial charge in [-0.3, -0.25) is 10.1 Å². The van der Waals surface area contributed by atoms with Gasteiger partial charge in [0.25, 0.3) is 5.69 Å². The van der Waals surface area contributed by atoms with Gasteiger partial charge < -0.3 is 10.3 Å². The van der Waals surface area contributed by atoms with E-state index in [1.54, 1.807) is 18.2 Å². The van der Waals surface area contributed by atoms with Gasteiger partial charge in [0, 0.05) is 18.5 Å². The van der Waals surface area contributed by atoms with Crippen LogP contribution in [0.15, 0.2) is 28.8 Å². The number of nitro benzene ring substituents is 1. The molecule has 0 amide bonds. The minimum atomic E-state index is -0.457. The van der Waals surface area contributed by atoms with Crippen molar-refractivity contribution in [1.82, 2.24) is 10.1 Å². The van der Waals surface area contributed by atoms with Gasteiger partial charge >= 0.3 is 0 Å². The van der Waals surface area contributed by atoms with Crippen molar-refractivity contribution in [2.75, 3.05) is 0 Å². The topological polar surface area (TPSA) is 108 Å². The molecule has 0 aliphatic carbocycles. The third-order valence-corrected chi connectivity index (χ3v) is 2.86. The molecule has 7 nitrogen and oxygen atoms in total. The molecular formula is C13H16N4O3. The fourth-order valence-electron chi connectivity index (χ4n) is 1.86. The Hall–Kier alpha value is -2.28. The molecule has 1 aromatic carbocycles. The first-order valence-electron chi connectivity index (χ1n) is 6.40. The van der Waals surface area contributed by atoms with Gasteiger partial charge in [-0.2, -0.15) is 4.98 Å². The molecule has 0 aliphatic rings. The second-order valence-corrected chi connectivity index (χ2v) is 4.66. The Bertz CT molecular complexity index is 595. The molecule has 20 heavy (non-hydrogen) atoms. The van der Waals surface area contributed by atoms with Crippen LogP contribution in [0.2, 0.25) is 0 Å². The zero-order valence-electron chi connectivity index (χ0n) is 11.2. The van der Waals surface area contributed by atoms with Crippen LogP contribution < -0.4 is 5.73 Å². The maximum Gasteiger partial charge on any atom is 0.280 e. The van der Waals surface area contributed by atoms with E-state index in [-0.39, 0.29) is 17.6 Å². The standard InChI is InChI=1S/C13H16N4O3/c1-9(14)5-4-8-12-15-13(16-20-12)10-6-2-3-7-11(10)17(18)19/h2-3,6-7,9H,4-5,8,14H2,1H3. The normalized spacial score (nSPS) is 12.3. The average molecular weight is 276 g/mol. The van der Waals surface area contributed by atoms with Gasteiger partial charge in [0.2, 0.25) is 11.7 Å². The smallest absolute Gasteiger partial charge is 0.280 e. The fraction of sp³-hybridized carbons (Fsp3) is 0.385. The maximum atomic E-state index is 11.0. The van der Waals surface area contributed by atoms with E-state index in [2.05, 4.69) is 10.1 Å². The first-order valence-corrected chi connectivity index (χ1v) is 6.40. The molecule has 0 spiro atoms. The highest BCUT2D eigenvalue weighted by Crippen LogP contribution is 2.27. The number of aryl methyl sites for hydroxylation is 1. The largest absolute Gasteiger partial charge is 0.339 e. The van der Waals surface area contributed by atoms with Crippen molar-refractivity contribution in [2.24, 2.45) is 5.73 Å². The van der Waals surface area contributed by atoms with E-state index in [9.17, 15) is 10.1 Å². The Morgan fingerprint density at radius 3 is 2.90 bits per heavy atom. The molecule has 0 fully saturated rings. The maximum absolute atomic E-state index is 11.0. The van der Waals surface area contributed by atoms with E-state index in [1.165, 1.54) is 6.07 Å². The summed E-state index contributed by atoms with van der Waals surface area (Å²) < 4.78 is 5.11. The molecule has 2 aromatic rings. The van der Waals surface area contributed by atoms with Gasteiger partial charge in [0.1, 0.15) is 5.56 Å². The van der Waals surface area contributed by atoms with Crippen molar-refractivity contribution in [2.45, 2.75) is 32.2 Å². The van der Waals surface area contributed by atoms with Gasteiger partial charge in [-0.15, -0.1) is 0 Å². The molecular weight excluding hydrogens is 260 g/mol. The molecule has 2 N–H and O–H groups in total. The minimum Gasteiger partial charge on any atom is -0.339 e. The Labute approximate surface area is 115 Å². The van der Waals surface area contributed by atoms with Gasteiger partial charge in [0.05, 0.1) is 4.92 Å². The SMILES string of the molecule is CC(N)CCCc1nc(-c2ccccc2[N+](=O)[O-])no1. The molecule has 1 heterocycles. The van der Waals surface area contributed by atoms with Crippen molar-refractivity contribution in [3.63, 3.8) is 0 Å². The van der Waals surface area contributed by atoms with Gasteiger partial charge in [0.15, 0.2) is 0 Å². The van der Waals surface area contributed by atoms with Crippen molar-refractivity contribution in [3.05, 3.63) is 40.3 Å². The van der Waals surface area contributed by atoms with Gasteiger partial charge in [-0.1, -0.05) is 17.3 Å². The summed E-state index contributed by atoms with van der Waals surface area (Å²) >= 11 is 0. The highest BCUT2D eigenvalue weighted by Gasteiger charge is 2.18. The van der Waals surface area contributed by atoms with E-state index in [1.807, 2.05) is 6.92 Å². The molecule has 0 aliphatic heterocycles. The summed E-state index contributed by atoms with van der Waals surface area (Å²) in [5, 5.41) is 14.8. The Kier molecular flexibility index (Phi) is 4.41. The molecule has 0 saturated heterocycles. The summed E-state index contributed by atoms with van der Waals surface area (Å²) in [5.74, 6) is 0.715. The zero-order valence-corrected chi connectivity index (χ0v) is 11.2. The summed E-state index contributed by atoms with van der Waals surface area (Å²) in [6.07, 6.45) is 2.33. The number of hydrogen-bond donors (Lipinski definition) is 1. The highest BCUT2D eigenvalue weighted by atomic mass is 16.6. The lowest BCUT2D eigenvalue weighted by Crippen LogP contribution is -2.14. The molecule has 1 unspecified atom stereocenters. The number of nitrogens with two attached hydrogens (primary N) is 1. The van der Waals surface area contributed by atoms with Crippen molar-refractivity contribution in [3.8, 4) is 11.4 Å². The van der Waals surface area contributed by atoms with E-state index in [4.69, 9.17) is 10.3 Å². The number of aromatic nitrogens is 2. The fourth-order valence-corrected chi connectivity index (χ4v) is 1.86. The first-order chi connectivity index (χ1) is 9.58. The van der Waals surface area contributed by atoms with Gasteiger partial charge in [-0.05, 0) is 25.8 Å². The lowest BCUT2D eigenvalue weighted by Gasteiger charge is -2.00. The van der Waals surface area contributed by atoms with Crippen LogP contribution in [0, 0.1) is 10.1 Å². The monoisotopic (exact) mass is 276 g/mol. The molecule has 2 rings (SSSR count). The lowest BCUT2D eigenvalue weighted by molar-refractivity contribution is -0.384. The predicted molar refractivity (Wildman–Crippen MR) is 73.0 cm³/mol. The molecule has 7 heteroatoms. The lowest BCUT2D eigenvalue weighted by atomic mass is 10.1. The Morgan fingerprint density at radius 2 is 2.20 bits per heavy atom. The average Bonchev–Trinajstić information content (AvgIpc) is 2.87. The third kappa shape index (κ3) is 3.39. The van der Waals surface area contributed by atoms with Crippen LogP contribution in [0.5, 0.6) is 0 Å². The van der Waals surface area contributed by atoms with Crippen molar-refractivity contribution in [1.29, 1.82) is 0 Å². The summed E-state index contributed by atoms with van der Waals surface area (Å²) in [6, 6.07) is 6.46. The van der Waals surface area contributed by atoms with Gasteiger partial charge in [-0.25, -0.2) is 0 Å². The van der Waals surface area contributed by atoms with E-state index in [0.717, 1.165) is 12.8 Å². The number of hydrogen-bond acceptors (Lipinski definition) is 6. The quantitative estimate of drug-likeness (QED) is 0.640. The van der Waals surface area contributed by atoms with Crippen LogP contribution in [0.3, 0.4) is 0 Å². The summed E-state index contributed by atoms with van der Waals surface area (Å²) in [7, 11) is 0. The predicted octanol–water partition coefficient (Wildman–Crippen LogP) is 2.31. The van der Waals surface area contributed by atoms with Crippen LogP contribution in [0.1, 0.15) is 25.7 Å². The summed E-state index contributed by atoms with van der Waals surface area (Å²) in [6.45, 7) is 1.94. The molecule has 1 aromatic heterocycles. The molecule has 1 atom stereocenters. The zero-order chi connectivity index (χ0) is 14.5. The highest BCUT2D eigenvalue weighted by molar-refractivity contribution is 5.67. The number of para-hydroxylation sites is 1. The second kappa shape index (κ2) is 6.25. The summed E-state index contributed by atoms with van der Waals surface area (Å²) in [5.41, 5.74) is 5.99. The van der Waals surface area contributed by atoms with Crippen LogP contribution in [-0.2, 0) is 6.42 Å². The molecule has 0 bridgehead atoms. The van der Waals surface area contributed by atoms with Crippen LogP contribution in [-0.4, -0.2) is 21.1 Å². The number of benzene rings is 1. The number of rotatable bonds is 6. The first kappa shape index (κ1) is 14.1. The third-order valence-electron chi connectivity index (χ3n) is 2.86. The van der Waals surface area contributed by atoms with E-state index in [0.29, 0.717) is 17.9 Å². The second-order valence-electron chi connectivity index (χ2n) is 4.66. The minimum absolute atomic E-state index is 0.0320. The van der Waals surface area contributed by atoms with Crippen molar-refractivity contribution < 1.29 is 9.45 Å². The summed E-state index contributed by atoms with van der Waals surface area (Å²) in [4.78, 5) is 14.7. The van der Waals surface area contributed by atoms with E-state index >= 15 is 0 Å². The van der Waals surface area contributed by atoms with E-state index < -0.39 is 4.92 Å². The van der Waals surface area contributed by atoms with Crippen molar-refractivity contribution >= 4 is 5.69 Å². The Morgan fingerprint density at radius 1 is 1.45 bits per heavy atom. The molecule has 0 saturated carbocycles. The van der Waals surface area contributed by atoms with Crippen LogP contribution in [0.4, 0.5) is 5.69 Å². The number of nitrogens with zero attached hydrogens (tertiary/aromatic N) is 3. The molecule has 106 valence electrons. The van der Waals surface area contributed by atoms with Crippen LogP contribution >= 0.6 is 0 Å².